The molecule has 0 saturated heterocycles. The SMILES string of the molecule is COc1ccc2cc([C@H](C)C(=O)N3c4ccc(F)cc4CC[C@@H]3C)ccc2c1. The largest absolute Gasteiger partial charge is 0.497 e. The first-order valence-corrected chi connectivity index (χ1v) is 9.67. The fraction of sp³-hybridized carbons (Fsp3) is 0.292. The highest BCUT2D eigenvalue weighted by atomic mass is 19.1. The number of anilines is 1. The van der Waals surface area contributed by atoms with Crippen LogP contribution in [0.4, 0.5) is 10.1 Å². The number of carbonyl (C=O) groups is 1. The molecule has 3 nitrogen and oxygen atoms in total. The van der Waals surface area contributed by atoms with Gasteiger partial charge in [0.2, 0.25) is 5.91 Å². The number of fused-ring (bicyclic) bond motifs is 2. The molecule has 28 heavy (non-hydrogen) atoms. The van der Waals surface area contributed by atoms with Gasteiger partial charge in [0.1, 0.15) is 11.6 Å². The fourth-order valence-electron chi connectivity index (χ4n) is 4.05. The third-order valence-electron chi connectivity index (χ3n) is 5.75. The van der Waals surface area contributed by atoms with Crippen LogP contribution in [0, 0.1) is 5.82 Å². The van der Waals surface area contributed by atoms with Gasteiger partial charge in [-0.3, -0.25) is 4.79 Å². The van der Waals surface area contributed by atoms with E-state index in [-0.39, 0.29) is 23.7 Å². The lowest BCUT2D eigenvalue weighted by atomic mass is 9.92. The molecule has 3 aromatic carbocycles. The zero-order valence-corrected chi connectivity index (χ0v) is 16.4. The summed E-state index contributed by atoms with van der Waals surface area (Å²) in [5.41, 5.74) is 2.72. The summed E-state index contributed by atoms with van der Waals surface area (Å²) >= 11 is 0. The van der Waals surface area contributed by atoms with Crippen molar-refractivity contribution in [3.63, 3.8) is 0 Å². The summed E-state index contributed by atoms with van der Waals surface area (Å²) in [7, 11) is 1.65. The van der Waals surface area contributed by atoms with Gasteiger partial charge in [-0.25, -0.2) is 4.39 Å². The average Bonchev–Trinajstić information content (AvgIpc) is 2.72. The number of amides is 1. The van der Waals surface area contributed by atoms with Crippen molar-refractivity contribution >= 4 is 22.4 Å². The Morgan fingerprint density at radius 2 is 1.86 bits per heavy atom. The van der Waals surface area contributed by atoms with Crippen molar-refractivity contribution < 1.29 is 13.9 Å². The van der Waals surface area contributed by atoms with E-state index in [1.165, 1.54) is 6.07 Å². The zero-order valence-electron chi connectivity index (χ0n) is 16.4. The maximum atomic E-state index is 13.6. The molecule has 1 amide bonds. The van der Waals surface area contributed by atoms with Crippen molar-refractivity contribution in [1.82, 2.24) is 0 Å². The Kier molecular flexibility index (Phi) is 4.80. The van der Waals surface area contributed by atoms with Crippen molar-refractivity contribution in [2.24, 2.45) is 0 Å². The van der Waals surface area contributed by atoms with E-state index in [4.69, 9.17) is 4.74 Å². The molecule has 3 aromatic rings. The number of hydrogen-bond acceptors (Lipinski definition) is 2. The lowest BCUT2D eigenvalue weighted by Crippen LogP contribution is -2.44. The first-order chi connectivity index (χ1) is 13.5. The van der Waals surface area contributed by atoms with E-state index in [0.717, 1.165) is 46.2 Å². The molecule has 0 bridgehead atoms. The van der Waals surface area contributed by atoms with Gasteiger partial charge in [0.25, 0.3) is 0 Å². The summed E-state index contributed by atoms with van der Waals surface area (Å²) in [5, 5.41) is 2.15. The van der Waals surface area contributed by atoms with Crippen LogP contribution >= 0.6 is 0 Å². The van der Waals surface area contributed by atoms with Gasteiger partial charge in [0.15, 0.2) is 0 Å². The highest BCUT2D eigenvalue weighted by molar-refractivity contribution is 6.00. The number of carbonyl (C=O) groups excluding carboxylic acids is 1. The minimum Gasteiger partial charge on any atom is -0.497 e. The summed E-state index contributed by atoms with van der Waals surface area (Å²) in [5.74, 6) is 0.326. The van der Waals surface area contributed by atoms with Crippen LogP contribution < -0.4 is 9.64 Å². The highest BCUT2D eigenvalue weighted by Crippen LogP contribution is 2.34. The van der Waals surface area contributed by atoms with Gasteiger partial charge < -0.3 is 9.64 Å². The Morgan fingerprint density at radius 3 is 2.64 bits per heavy atom. The number of nitrogens with zero attached hydrogens (tertiary/aromatic N) is 1. The molecule has 0 aliphatic carbocycles. The number of halogens is 1. The minimum atomic E-state index is -0.287. The Balaban J connectivity index is 1.67. The third-order valence-corrected chi connectivity index (χ3v) is 5.75. The molecule has 4 heteroatoms. The van der Waals surface area contributed by atoms with Gasteiger partial charge in [0.05, 0.1) is 13.0 Å². The van der Waals surface area contributed by atoms with E-state index >= 15 is 0 Å². The molecule has 1 aliphatic heterocycles. The number of hydrogen-bond donors (Lipinski definition) is 0. The normalized spacial score (nSPS) is 17.3. The van der Waals surface area contributed by atoms with Gasteiger partial charge in [0, 0.05) is 11.7 Å². The van der Waals surface area contributed by atoms with E-state index in [2.05, 4.69) is 13.0 Å². The number of ether oxygens (including phenoxy) is 1. The van der Waals surface area contributed by atoms with Crippen molar-refractivity contribution in [1.29, 1.82) is 0 Å². The van der Waals surface area contributed by atoms with Crippen LogP contribution in [0.5, 0.6) is 5.75 Å². The molecule has 1 heterocycles. The van der Waals surface area contributed by atoms with Gasteiger partial charge in [-0.2, -0.15) is 0 Å². The van der Waals surface area contributed by atoms with Crippen LogP contribution in [-0.4, -0.2) is 19.1 Å². The Labute approximate surface area is 164 Å². The number of methoxy groups -OCH3 is 1. The Morgan fingerprint density at radius 1 is 1.11 bits per heavy atom. The van der Waals surface area contributed by atoms with Gasteiger partial charge in [-0.15, -0.1) is 0 Å². The smallest absolute Gasteiger partial charge is 0.234 e. The molecule has 0 fully saturated rings. The molecule has 0 aromatic heterocycles. The molecule has 0 unspecified atom stereocenters. The summed E-state index contributed by atoms with van der Waals surface area (Å²) < 4.78 is 18.9. The van der Waals surface area contributed by atoms with Gasteiger partial charge >= 0.3 is 0 Å². The molecule has 144 valence electrons. The van der Waals surface area contributed by atoms with Crippen LogP contribution in [0.3, 0.4) is 0 Å². The van der Waals surface area contributed by atoms with E-state index < -0.39 is 0 Å². The summed E-state index contributed by atoms with van der Waals surface area (Å²) in [6.45, 7) is 4.00. The van der Waals surface area contributed by atoms with Gasteiger partial charge in [-0.05, 0) is 78.9 Å². The topological polar surface area (TPSA) is 29.5 Å². The van der Waals surface area contributed by atoms with Crippen molar-refractivity contribution in [2.45, 2.75) is 38.6 Å². The molecular formula is C24H24FNO2. The first kappa shape index (κ1) is 18.5. The van der Waals surface area contributed by atoms with Crippen LogP contribution in [0.1, 0.15) is 37.3 Å². The monoisotopic (exact) mass is 377 g/mol. The summed E-state index contributed by atoms with van der Waals surface area (Å²) in [6.07, 6.45) is 1.64. The van der Waals surface area contributed by atoms with Crippen molar-refractivity contribution in [3.05, 3.63) is 71.5 Å². The van der Waals surface area contributed by atoms with Gasteiger partial charge in [-0.1, -0.05) is 24.3 Å². The highest BCUT2D eigenvalue weighted by Gasteiger charge is 2.31. The number of rotatable bonds is 3. The predicted octanol–water partition coefficient (Wildman–Crippen LogP) is 5.46. The molecule has 0 saturated carbocycles. The standard InChI is InChI=1S/C24H24FNO2/c1-15-4-5-20-13-21(25)9-11-23(20)26(15)24(27)16(2)17-6-7-19-14-22(28-3)10-8-18(19)12-17/h6-16H,4-5H2,1-3H3/t15-,16-/m0/s1. The van der Waals surface area contributed by atoms with E-state index in [9.17, 15) is 9.18 Å². The molecule has 0 radical (unpaired) electrons. The minimum absolute atomic E-state index is 0.0490. The molecule has 0 spiro atoms. The second kappa shape index (κ2) is 7.27. The van der Waals surface area contributed by atoms with E-state index in [0.29, 0.717) is 0 Å². The van der Waals surface area contributed by atoms with E-state index in [1.807, 2.05) is 42.2 Å². The maximum absolute atomic E-state index is 13.6. The van der Waals surface area contributed by atoms with E-state index in [1.54, 1.807) is 19.2 Å². The Hall–Kier alpha value is -2.88. The first-order valence-electron chi connectivity index (χ1n) is 9.67. The number of benzene rings is 3. The number of aryl methyl sites for hydroxylation is 1. The van der Waals surface area contributed by atoms with Crippen LogP contribution in [0.15, 0.2) is 54.6 Å². The molecule has 0 N–H and O–H groups in total. The molecular weight excluding hydrogens is 353 g/mol. The third kappa shape index (κ3) is 3.24. The predicted molar refractivity (Wildman–Crippen MR) is 111 cm³/mol. The lowest BCUT2D eigenvalue weighted by Gasteiger charge is -2.37. The Bertz CT molecular complexity index is 1050. The second-order valence-corrected chi connectivity index (χ2v) is 7.56. The van der Waals surface area contributed by atoms with Crippen LogP contribution in [0.2, 0.25) is 0 Å². The summed E-state index contributed by atoms with van der Waals surface area (Å²) in [4.78, 5) is 15.3. The average molecular weight is 377 g/mol. The zero-order chi connectivity index (χ0) is 19.8. The second-order valence-electron chi connectivity index (χ2n) is 7.56. The quantitative estimate of drug-likeness (QED) is 0.607. The summed E-state index contributed by atoms with van der Waals surface area (Å²) in [6, 6.07) is 16.8. The maximum Gasteiger partial charge on any atom is 0.234 e. The van der Waals surface area contributed by atoms with Crippen LogP contribution in [0.25, 0.3) is 10.8 Å². The molecule has 4 rings (SSSR count). The van der Waals surface area contributed by atoms with Crippen LogP contribution in [-0.2, 0) is 11.2 Å². The molecule has 2 atom stereocenters. The van der Waals surface area contributed by atoms with Crippen molar-refractivity contribution in [2.75, 3.05) is 12.0 Å². The molecule has 1 aliphatic rings. The lowest BCUT2D eigenvalue weighted by molar-refractivity contribution is -0.120. The fourth-order valence-corrected chi connectivity index (χ4v) is 4.05. The van der Waals surface area contributed by atoms with Crippen molar-refractivity contribution in [3.8, 4) is 5.75 Å².